The van der Waals surface area contributed by atoms with E-state index in [1.807, 2.05) is 18.2 Å². The summed E-state index contributed by atoms with van der Waals surface area (Å²) in [7, 11) is 1.58. The molecule has 7 nitrogen and oxygen atoms in total. The summed E-state index contributed by atoms with van der Waals surface area (Å²) in [5.74, 6) is 6.21. The molecule has 178 valence electrons. The average Bonchev–Trinajstić information content (AvgIpc) is 3.36. The lowest BCUT2D eigenvalue weighted by Gasteiger charge is -2.37. The van der Waals surface area contributed by atoms with Gasteiger partial charge in [0.2, 0.25) is 0 Å². The number of hydrogen-bond acceptors (Lipinski definition) is 6. The van der Waals surface area contributed by atoms with Crippen molar-refractivity contribution in [3.8, 4) is 17.6 Å². The zero-order valence-corrected chi connectivity index (χ0v) is 19.1. The highest BCUT2D eigenvalue weighted by molar-refractivity contribution is 5.83. The van der Waals surface area contributed by atoms with Crippen molar-refractivity contribution in [1.82, 2.24) is 14.9 Å². The smallest absolute Gasteiger partial charge is 0.303 e. The normalized spacial score (nSPS) is 19.4. The number of carboxylic acids is 1. The van der Waals surface area contributed by atoms with Gasteiger partial charge in [0.15, 0.2) is 0 Å². The number of pyridine rings is 1. The van der Waals surface area contributed by atoms with Crippen LogP contribution in [0.5, 0.6) is 5.75 Å². The van der Waals surface area contributed by atoms with Crippen LogP contribution < -0.4 is 4.74 Å². The van der Waals surface area contributed by atoms with Gasteiger partial charge in [-0.2, -0.15) is 0 Å². The summed E-state index contributed by atoms with van der Waals surface area (Å²) in [6.45, 7) is 1.94. The highest BCUT2D eigenvalue weighted by Gasteiger charge is 2.31. The molecule has 1 aromatic carbocycles. The number of oxazole rings is 1. The summed E-state index contributed by atoms with van der Waals surface area (Å²) in [5.41, 5.74) is 1.32. The fourth-order valence-electron chi connectivity index (χ4n) is 4.71. The number of ether oxygens (including phenoxy) is 1. The standard InChI is InChI=1S/C26H28FN3O4/c1-33-20-5-7-24-22(16-20)21(8-10-28-24)23(27)6-4-18-9-13-30(17-19(18)15-26(31)32)12-2-3-25-29-11-14-34-25/h5,7-8,10-11,14,16,18-19,23H,4,6,9,12-13,15,17H2,1H3,(H,31,32)/t18-,19+,23+/m1/s1. The second-order valence-electron chi connectivity index (χ2n) is 8.61. The minimum Gasteiger partial charge on any atom is -0.497 e. The number of piperidine rings is 1. The van der Waals surface area contributed by atoms with E-state index in [4.69, 9.17) is 9.15 Å². The Bertz CT molecular complexity index is 1170. The Morgan fingerprint density at radius 1 is 1.32 bits per heavy atom. The van der Waals surface area contributed by atoms with Crippen molar-refractivity contribution in [3.05, 3.63) is 54.4 Å². The Labute approximate surface area is 198 Å². The monoisotopic (exact) mass is 465 g/mol. The van der Waals surface area contributed by atoms with Crippen LogP contribution >= 0.6 is 0 Å². The number of fused-ring (bicyclic) bond motifs is 1. The summed E-state index contributed by atoms with van der Waals surface area (Å²) in [6.07, 6.45) is 5.33. The van der Waals surface area contributed by atoms with Gasteiger partial charge in [0, 0.05) is 24.5 Å². The van der Waals surface area contributed by atoms with E-state index in [9.17, 15) is 9.90 Å². The van der Waals surface area contributed by atoms with Gasteiger partial charge in [-0.3, -0.25) is 14.7 Å². The number of nitrogens with zero attached hydrogens (tertiary/aromatic N) is 3. The second kappa shape index (κ2) is 11.1. The van der Waals surface area contributed by atoms with E-state index in [1.54, 1.807) is 25.6 Å². The van der Waals surface area contributed by atoms with Gasteiger partial charge >= 0.3 is 5.97 Å². The van der Waals surface area contributed by atoms with Gasteiger partial charge in [0.1, 0.15) is 18.2 Å². The van der Waals surface area contributed by atoms with E-state index >= 15 is 4.39 Å². The Morgan fingerprint density at radius 2 is 2.21 bits per heavy atom. The second-order valence-corrected chi connectivity index (χ2v) is 8.61. The number of aliphatic carboxylic acids is 1. The van der Waals surface area contributed by atoms with Crippen molar-refractivity contribution in [2.45, 2.75) is 31.9 Å². The third-order valence-electron chi connectivity index (χ3n) is 6.45. The van der Waals surface area contributed by atoms with Crippen LogP contribution in [0.25, 0.3) is 10.9 Å². The lowest BCUT2D eigenvalue weighted by Crippen LogP contribution is -2.41. The molecule has 0 aliphatic carbocycles. The van der Waals surface area contributed by atoms with Crippen molar-refractivity contribution < 1.29 is 23.4 Å². The van der Waals surface area contributed by atoms with Crippen LogP contribution in [-0.4, -0.2) is 52.7 Å². The fraction of sp³-hybridized carbons (Fsp3) is 0.423. The maximum atomic E-state index is 15.4. The largest absolute Gasteiger partial charge is 0.497 e. The van der Waals surface area contributed by atoms with Crippen LogP contribution in [0.15, 0.2) is 47.3 Å². The topological polar surface area (TPSA) is 88.7 Å². The first kappa shape index (κ1) is 23.7. The average molecular weight is 466 g/mol. The third-order valence-corrected chi connectivity index (χ3v) is 6.45. The molecule has 1 aliphatic heterocycles. The molecule has 3 aromatic rings. The number of carboxylic acid groups (broad SMARTS) is 1. The number of rotatable bonds is 8. The summed E-state index contributed by atoms with van der Waals surface area (Å²) in [5, 5.41) is 10.2. The van der Waals surface area contributed by atoms with Gasteiger partial charge < -0.3 is 14.3 Å². The summed E-state index contributed by atoms with van der Waals surface area (Å²) >= 11 is 0. The molecule has 0 saturated carbocycles. The van der Waals surface area contributed by atoms with Gasteiger partial charge in [-0.15, -0.1) is 0 Å². The first-order valence-corrected chi connectivity index (χ1v) is 11.4. The maximum Gasteiger partial charge on any atom is 0.303 e. The molecule has 0 bridgehead atoms. The lowest BCUT2D eigenvalue weighted by molar-refractivity contribution is -0.139. The van der Waals surface area contributed by atoms with E-state index in [0.717, 1.165) is 23.9 Å². The predicted molar refractivity (Wildman–Crippen MR) is 125 cm³/mol. The summed E-state index contributed by atoms with van der Waals surface area (Å²) < 4.78 is 25.8. The zero-order valence-electron chi connectivity index (χ0n) is 19.1. The number of hydrogen-bond donors (Lipinski definition) is 1. The molecular formula is C26H28FN3O4. The number of likely N-dealkylation sites (tertiary alicyclic amines) is 1. The number of carbonyl (C=O) groups is 1. The molecule has 3 atom stereocenters. The Kier molecular flexibility index (Phi) is 7.76. The minimum atomic E-state index is -1.16. The van der Waals surface area contributed by atoms with E-state index in [-0.39, 0.29) is 18.3 Å². The van der Waals surface area contributed by atoms with Crippen molar-refractivity contribution in [3.63, 3.8) is 0 Å². The van der Waals surface area contributed by atoms with Crippen molar-refractivity contribution in [1.29, 1.82) is 0 Å². The molecule has 0 radical (unpaired) electrons. The predicted octanol–water partition coefficient (Wildman–Crippen LogP) is 4.49. The van der Waals surface area contributed by atoms with Crippen LogP contribution in [0.4, 0.5) is 4.39 Å². The third kappa shape index (κ3) is 5.91. The molecule has 4 rings (SSSR count). The Hall–Kier alpha value is -3.44. The number of benzene rings is 1. The SMILES string of the molecule is COc1ccc2nccc([C@@H](F)CC[C@@H]3CCN(CC#Cc4ncco4)C[C@@H]3CC(=O)O)c2c1. The van der Waals surface area contributed by atoms with Crippen LogP contribution in [0.1, 0.15) is 43.3 Å². The molecule has 0 spiro atoms. The number of methoxy groups -OCH3 is 1. The van der Waals surface area contributed by atoms with Crippen molar-refractivity contribution in [2.24, 2.45) is 11.8 Å². The molecule has 0 unspecified atom stereocenters. The highest BCUT2D eigenvalue weighted by Crippen LogP contribution is 2.36. The summed E-state index contributed by atoms with van der Waals surface area (Å²) in [4.78, 5) is 22.0. The first-order valence-electron chi connectivity index (χ1n) is 11.4. The number of halogens is 1. The lowest BCUT2D eigenvalue weighted by atomic mass is 9.79. The van der Waals surface area contributed by atoms with Gasteiger partial charge in [-0.1, -0.05) is 5.92 Å². The molecule has 8 heteroatoms. The maximum absolute atomic E-state index is 15.4. The Morgan fingerprint density at radius 3 is 2.97 bits per heavy atom. The van der Waals surface area contributed by atoms with E-state index < -0.39 is 12.1 Å². The quantitative estimate of drug-likeness (QED) is 0.491. The number of aromatic nitrogens is 2. The van der Waals surface area contributed by atoms with Gasteiger partial charge in [0.25, 0.3) is 5.89 Å². The molecule has 1 saturated heterocycles. The molecule has 2 aromatic heterocycles. The van der Waals surface area contributed by atoms with Gasteiger partial charge in [-0.05, 0) is 73.4 Å². The van der Waals surface area contributed by atoms with Gasteiger partial charge in [-0.25, -0.2) is 9.37 Å². The molecule has 1 N–H and O–H groups in total. The van der Waals surface area contributed by atoms with Gasteiger partial charge in [0.05, 0.1) is 25.4 Å². The van der Waals surface area contributed by atoms with Crippen LogP contribution in [0.2, 0.25) is 0 Å². The van der Waals surface area contributed by atoms with E-state index in [2.05, 4.69) is 26.7 Å². The van der Waals surface area contributed by atoms with Crippen LogP contribution in [0.3, 0.4) is 0 Å². The molecule has 1 fully saturated rings. The first-order chi connectivity index (χ1) is 16.5. The highest BCUT2D eigenvalue weighted by atomic mass is 19.1. The molecule has 3 heterocycles. The zero-order chi connectivity index (χ0) is 23.9. The molecular weight excluding hydrogens is 437 g/mol. The van der Waals surface area contributed by atoms with Crippen molar-refractivity contribution >= 4 is 16.9 Å². The van der Waals surface area contributed by atoms with E-state index in [0.29, 0.717) is 43.1 Å². The fourth-order valence-corrected chi connectivity index (χ4v) is 4.71. The Balaban J connectivity index is 1.39. The van der Waals surface area contributed by atoms with E-state index in [1.165, 1.54) is 6.26 Å². The van der Waals surface area contributed by atoms with Crippen LogP contribution in [-0.2, 0) is 4.79 Å². The molecule has 1 aliphatic rings. The number of alkyl halides is 1. The molecule has 34 heavy (non-hydrogen) atoms. The van der Waals surface area contributed by atoms with Crippen LogP contribution in [0, 0.1) is 23.7 Å². The minimum absolute atomic E-state index is 0.0451. The summed E-state index contributed by atoms with van der Waals surface area (Å²) in [6, 6.07) is 7.17. The van der Waals surface area contributed by atoms with Crippen molar-refractivity contribution in [2.75, 3.05) is 26.7 Å². The molecule has 0 amide bonds.